The Morgan fingerprint density at radius 2 is 1.56 bits per heavy atom. The van der Waals surface area contributed by atoms with E-state index in [0.717, 1.165) is 17.7 Å². The van der Waals surface area contributed by atoms with E-state index in [0.29, 0.717) is 55.5 Å². The molecule has 41 heavy (non-hydrogen) atoms. The number of halogens is 5. The summed E-state index contributed by atoms with van der Waals surface area (Å²) in [4.78, 5) is 43.5. The Kier molecular flexibility index (Phi) is 10.7. The van der Waals surface area contributed by atoms with Crippen molar-refractivity contribution < 1.29 is 38.1 Å². The van der Waals surface area contributed by atoms with Gasteiger partial charge in [0.15, 0.2) is 0 Å². The van der Waals surface area contributed by atoms with Crippen molar-refractivity contribution in [2.75, 3.05) is 39.8 Å². The normalized spacial score (nSPS) is 19.9. The molecular formula is C28H32Cl2F3N3O5. The third-order valence-electron chi connectivity index (χ3n) is 7.87. The molecule has 0 aliphatic carbocycles. The molecule has 4 rings (SSSR count). The van der Waals surface area contributed by atoms with E-state index in [4.69, 9.17) is 28.3 Å². The first-order valence-electron chi connectivity index (χ1n) is 13.0. The van der Waals surface area contributed by atoms with Crippen LogP contribution >= 0.6 is 23.2 Å². The van der Waals surface area contributed by atoms with Crippen LogP contribution in [0.15, 0.2) is 42.5 Å². The quantitative estimate of drug-likeness (QED) is 0.549. The van der Waals surface area contributed by atoms with Crippen LogP contribution in [0.2, 0.25) is 10.0 Å². The van der Waals surface area contributed by atoms with Crippen molar-refractivity contribution in [1.82, 2.24) is 14.7 Å². The number of benzene rings is 2. The maximum atomic E-state index is 13.5. The van der Waals surface area contributed by atoms with Gasteiger partial charge in [0.05, 0.1) is 15.6 Å². The molecule has 2 aliphatic heterocycles. The number of piperidine rings is 2. The molecule has 0 spiro atoms. The third-order valence-corrected chi connectivity index (χ3v) is 8.61. The zero-order chi connectivity index (χ0) is 29.2. The number of hydrogen-bond donors (Lipinski definition) is 1. The average molecular weight is 618 g/mol. The number of rotatable bonds is 5. The molecule has 13 heteroatoms. The van der Waals surface area contributed by atoms with E-state index in [9.17, 15) is 27.6 Å². The first-order chi connectivity index (χ1) is 18.9. The van der Waals surface area contributed by atoms with Gasteiger partial charge in [-0.15, -0.1) is 0 Å². The second-order valence-corrected chi connectivity index (χ2v) is 11.0. The minimum atomic E-state index is -4.50. The fraction of sp³-hybridized carbons (Fsp3) is 0.464. The molecule has 2 atom stereocenters. The van der Waals surface area contributed by atoms with Crippen LogP contribution in [0.25, 0.3) is 0 Å². The highest BCUT2D eigenvalue weighted by Gasteiger charge is 2.39. The number of hydrogen-bond acceptors (Lipinski definition) is 4. The van der Waals surface area contributed by atoms with Crippen LogP contribution in [0.5, 0.6) is 0 Å². The Morgan fingerprint density at radius 1 is 0.951 bits per heavy atom. The lowest BCUT2D eigenvalue weighted by Gasteiger charge is -2.44. The summed E-state index contributed by atoms with van der Waals surface area (Å²) in [6.07, 6.45) is -3.07. The molecule has 2 fully saturated rings. The van der Waals surface area contributed by atoms with Gasteiger partial charge in [0.2, 0.25) is 11.8 Å². The van der Waals surface area contributed by atoms with Gasteiger partial charge in [0.25, 0.3) is 5.91 Å². The van der Waals surface area contributed by atoms with Crippen LogP contribution in [0.3, 0.4) is 0 Å². The predicted octanol–water partition coefficient (Wildman–Crippen LogP) is 3.88. The number of amides is 3. The van der Waals surface area contributed by atoms with Crippen LogP contribution in [-0.2, 0) is 15.8 Å². The lowest BCUT2D eigenvalue weighted by atomic mass is 9.83. The van der Waals surface area contributed by atoms with Gasteiger partial charge in [-0.05, 0) is 61.2 Å². The number of carbonyl (C=O) groups is 3. The summed E-state index contributed by atoms with van der Waals surface area (Å²) in [5, 5.41) is 9.81. The molecule has 3 N–H and O–H groups in total. The summed E-state index contributed by atoms with van der Waals surface area (Å²) in [6, 6.07) is 8.92. The Labute approximate surface area is 245 Å². The fourth-order valence-electron chi connectivity index (χ4n) is 5.56. The van der Waals surface area contributed by atoms with Gasteiger partial charge in [-0.25, -0.2) is 0 Å². The number of aliphatic hydroxyl groups excluding tert-OH is 1. The minimum absolute atomic E-state index is 0. The van der Waals surface area contributed by atoms with E-state index in [1.807, 2.05) is 0 Å². The zero-order valence-corrected chi connectivity index (χ0v) is 23.8. The molecule has 224 valence electrons. The molecule has 0 aromatic heterocycles. The standard InChI is InChI=1S/C28H30Cl2F3N3O4.H2O/c1-34(26(39)17-2-5-20(6-3-17)28(31,32)33)24-10-13-36(15-21(24)19-4-7-22(29)23(30)14-19)27(40)18-8-11-35(12-9-18)25(38)16-37;/h2-7,14,18,21,24,37H,8-13,15-16H2,1H3;1H2/t21-,24+;/m0./s1. The van der Waals surface area contributed by atoms with Gasteiger partial charge >= 0.3 is 6.18 Å². The summed E-state index contributed by atoms with van der Waals surface area (Å²) in [7, 11) is 1.61. The Hall–Kier alpha value is -2.86. The third kappa shape index (κ3) is 7.32. The highest BCUT2D eigenvalue weighted by molar-refractivity contribution is 6.42. The summed E-state index contributed by atoms with van der Waals surface area (Å²) in [5.41, 5.74) is 0.0807. The van der Waals surface area contributed by atoms with Gasteiger partial charge in [-0.2, -0.15) is 13.2 Å². The summed E-state index contributed by atoms with van der Waals surface area (Å²) in [6.45, 7) is 0.930. The van der Waals surface area contributed by atoms with E-state index in [1.165, 1.54) is 17.0 Å². The maximum Gasteiger partial charge on any atom is 0.416 e. The van der Waals surface area contributed by atoms with Crippen molar-refractivity contribution in [2.24, 2.45) is 5.92 Å². The number of aliphatic hydroxyl groups is 1. The molecule has 0 saturated carbocycles. The van der Waals surface area contributed by atoms with Gasteiger partial charge in [-0.1, -0.05) is 29.3 Å². The largest absolute Gasteiger partial charge is 0.416 e. The molecule has 3 amide bonds. The molecular weight excluding hydrogens is 586 g/mol. The minimum Gasteiger partial charge on any atom is -0.412 e. The Morgan fingerprint density at radius 3 is 2.12 bits per heavy atom. The number of likely N-dealkylation sites (tertiary alicyclic amines) is 2. The molecule has 2 aromatic carbocycles. The van der Waals surface area contributed by atoms with Crippen molar-refractivity contribution in [1.29, 1.82) is 0 Å². The molecule has 0 unspecified atom stereocenters. The smallest absolute Gasteiger partial charge is 0.412 e. The topological polar surface area (TPSA) is 113 Å². The monoisotopic (exact) mass is 617 g/mol. The number of nitrogens with zero attached hydrogens (tertiary/aromatic N) is 3. The fourth-order valence-corrected chi connectivity index (χ4v) is 5.87. The lowest BCUT2D eigenvalue weighted by Crippen LogP contribution is -2.53. The Bertz CT molecular complexity index is 1250. The van der Waals surface area contributed by atoms with Crippen LogP contribution in [0, 0.1) is 5.92 Å². The lowest BCUT2D eigenvalue weighted by molar-refractivity contribution is -0.143. The first-order valence-corrected chi connectivity index (χ1v) is 13.7. The van der Waals surface area contributed by atoms with Crippen LogP contribution in [0.1, 0.15) is 46.7 Å². The van der Waals surface area contributed by atoms with E-state index < -0.39 is 24.3 Å². The summed E-state index contributed by atoms with van der Waals surface area (Å²) in [5.74, 6) is -1.40. The van der Waals surface area contributed by atoms with Crippen molar-refractivity contribution >= 4 is 40.9 Å². The molecule has 2 aliphatic rings. The summed E-state index contributed by atoms with van der Waals surface area (Å²) >= 11 is 12.4. The molecule has 8 nitrogen and oxygen atoms in total. The second-order valence-electron chi connectivity index (χ2n) is 10.2. The highest BCUT2D eigenvalue weighted by atomic mass is 35.5. The van der Waals surface area contributed by atoms with Gasteiger partial charge in [0, 0.05) is 56.7 Å². The number of likely N-dealkylation sites (N-methyl/N-ethyl adjacent to an activating group) is 1. The summed E-state index contributed by atoms with van der Waals surface area (Å²) < 4.78 is 39.0. The average Bonchev–Trinajstić information content (AvgIpc) is 2.96. The van der Waals surface area contributed by atoms with Crippen LogP contribution < -0.4 is 0 Å². The van der Waals surface area contributed by atoms with Crippen molar-refractivity contribution in [3.63, 3.8) is 0 Å². The van der Waals surface area contributed by atoms with E-state index in [-0.39, 0.29) is 40.7 Å². The number of carbonyl (C=O) groups excluding carboxylic acids is 3. The van der Waals surface area contributed by atoms with Crippen molar-refractivity contribution in [3.8, 4) is 0 Å². The van der Waals surface area contributed by atoms with Crippen molar-refractivity contribution in [2.45, 2.75) is 37.4 Å². The SMILES string of the molecule is CN(C(=O)c1ccc(C(F)(F)F)cc1)[C@@H]1CCN(C(=O)C2CCN(C(=O)CO)CC2)C[C@H]1c1ccc(Cl)c(Cl)c1.O. The van der Waals surface area contributed by atoms with E-state index in [2.05, 4.69) is 0 Å². The Balaban J connectivity index is 0.00000462. The molecule has 0 bridgehead atoms. The van der Waals surface area contributed by atoms with E-state index in [1.54, 1.807) is 35.0 Å². The van der Waals surface area contributed by atoms with Crippen LogP contribution in [0.4, 0.5) is 13.2 Å². The second kappa shape index (κ2) is 13.4. The van der Waals surface area contributed by atoms with Crippen LogP contribution in [-0.4, -0.2) is 88.9 Å². The predicted molar refractivity (Wildman–Crippen MR) is 148 cm³/mol. The molecule has 0 radical (unpaired) electrons. The molecule has 2 heterocycles. The van der Waals surface area contributed by atoms with Gasteiger partial charge < -0.3 is 25.3 Å². The first kappa shape index (κ1) is 32.7. The number of alkyl halides is 3. The molecule has 2 saturated heterocycles. The zero-order valence-electron chi connectivity index (χ0n) is 22.3. The van der Waals surface area contributed by atoms with E-state index >= 15 is 0 Å². The van der Waals surface area contributed by atoms with Gasteiger partial charge in [-0.3, -0.25) is 14.4 Å². The highest BCUT2D eigenvalue weighted by Crippen LogP contribution is 2.36. The van der Waals surface area contributed by atoms with Crippen molar-refractivity contribution in [3.05, 3.63) is 69.2 Å². The maximum absolute atomic E-state index is 13.5. The molecule has 2 aromatic rings. The van der Waals surface area contributed by atoms with Gasteiger partial charge in [0.1, 0.15) is 6.61 Å².